The van der Waals surface area contributed by atoms with Gasteiger partial charge in [-0.3, -0.25) is 0 Å². The average molecular weight is 558 g/mol. The van der Waals surface area contributed by atoms with Crippen LogP contribution in [0.5, 0.6) is 5.75 Å². The third-order valence-corrected chi connectivity index (χ3v) is 6.81. The third kappa shape index (κ3) is 5.28. The molecule has 0 radical (unpaired) electrons. The fourth-order valence-corrected chi connectivity index (χ4v) is 5.10. The van der Waals surface area contributed by atoms with E-state index in [-0.39, 0.29) is 6.04 Å². The molecule has 1 aromatic heterocycles. The largest absolute Gasteiger partial charge is 0.495 e. The Morgan fingerprint density at radius 3 is 2.49 bits per heavy atom. The number of ether oxygens (including phenoxy) is 1. The zero-order valence-corrected chi connectivity index (χ0v) is 23.0. The van der Waals surface area contributed by atoms with Crippen LogP contribution in [-0.4, -0.2) is 29.8 Å². The number of fused-ring (bicyclic) bond motifs is 1. The van der Waals surface area contributed by atoms with Crippen molar-refractivity contribution in [3.63, 3.8) is 0 Å². The Hall–Kier alpha value is -2.72. The number of imidazole rings is 1. The van der Waals surface area contributed by atoms with Gasteiger partial charge in [0, 0.05) is 28.1 Å². The van der Waals surface area contributed by atoms with Crippen LogP contribution < -0.4 is 15.0 Å². The van der Waals surface area contributed by atoms with Gasteiger partial charge in [-0.1, -0.05) is 22.0 Å². The number of nitrogens with zero attached hydrogens (tertiary/aromatic N) is 3. The summed E-state index contributed by atoms with van der Waals surface area (Å²) in [7, 11) is 5.20. The van der Waals surface area contributed by atoms with E-state index in [1.54, 1.807) is 7.11 Å². The molecule has 184 valence electrons. The number of anilines is 4. The highest BCUT2D eigenvalue weighted by molar-refractivity contribution is 9.10. The molecule has 0 fully saturated rings. The van der Waals surface area contributed by atoms with E-state index < -0.39 is 0 Å². The van der Waals surface area contributed by atoms with Crippen LogP contribution in [0.25, 0.3) is 11.0 Å². The zero-order chi connectivity index (χ0) is 25.1. The molecule has 0 amide bonds. The molecule has 0 spiro atoms. The standard InChI is InChI=1S/C26H29BrN4O3S/c1-16(2)31(19-10-12-20(13-11-19)35-34-33-6)22-9-7-8-21-25(22)30(4)26(28-21)29-24-17(3)14-18(27)15-23(24)32-5/h7-16H,1-6H3,(H,28,29). The monoisotopic (exact) mass is 556 g/mol. The van der Waals surface area contributed by atoms with E-state index >= 15 is 0 Å². The van der Waals surface area contributed by atoms with Gasteiger partial charge >= 0.3 is 0 Å². The molecule has 3 aromatic carbocycles. The molecule has 9 heteroatoms. The van der Waals surface area contributed by atoms with E-state index in [0.717, 1.165) is 54.7 Å². The van der Waals surface area contributed by atoms with E-state index in [4.69, 9.17) is 18.9 Å². The van der Waals surface area contributed by atoms with Gasteiger partial charge in [0.2, 0.25) is 5.95 Å². The summed E-state index contributed by atoms with van der Waals surface area (Å²) in [6, 6.07) is 18.7. The number of methoxy groups -OCH3 is 1. The molecule has 0 atom stereocenters. The number of hydrogen-bond donors (Lipinski definition) is 1. The van der Waals surface area contributed by atoms with Gasteiger partial charge in [0.25, 0.3) is 0 Å². The molecule has 0 aliphatic rings. The van der Waals surface area contributed by atoms with Gasteiger partial charge in [-0.05, 0) is 74.9 Å². The second-order valence-corrected chi connectivity index (χ2v) is 10.0. The molecular weight excluding hydrogens is 528 g/mol. The first-order chi connectivity index (χ1) is 16.8. The minimum atomic E-state index is 0.217. The topological polar surface area (TPSA) is 60.8 Å². The zero-order valence-electron chi connectivity index (χ0n) is 20.6. The quantitative estimate of drug-likeness (QED) is 0.130. The Morgan fingerprint density at radius 1 is 1.09 bits per heavy atom. The minimum Gasteiger partial charge on any atom is -0.495 e. The van der Waals surface area contributed by atoms with Crippen LogP contribution in [0.15, 0.2) is 64.0 Å². The maximum Gasteiger partial charge on any atom is 0.208 e. The maximum absolute atomic E-state index is 5.62. The molecule has 0 saturated carbocycles. The van der Waals surface area contributed by atoms with Crippen LogP contribution in [-0.2, 0) is 16.3 Å². The summed E-state index contributed by atoms with van der Waals surface area (Å²) in [5.74, 6) is 1.49. The smallest absolute Gasteiger partial charge is 0.208 e. The number of nitrogens with one attached hydrogen (secondary N) is 1. The molecule has 0 unspecified atom stereocenters. The molecule has 7 nitrogen and oxygen atoms in total. The number of aromatic nitrogens is 2. The number of para-hydroxylation sites is 1. The van der Waals surface area contributed by atoms with E-state index in [2.05, 4.69) is 68.8 Å². The number of rotatable bonds is 9. The van der Waals surface area contributed by atoms with E-state index in [1.165, 1.54) is 19.2 Å². The SMILES string of the molecule is COOSc1ccc(N(c2cccc3nc(Nc4c(C)cc(Br)cc4OC)n(C)c23)C(C)C)cc1. The first-order valence-electron chi connectivity index (χ1n) is 11.2. The number of benzene rings is 3. The Morgan fingerprint density at radius 2 is 1.83 bits per heavy atom. The lowest BCUT2D eigenvalue weighted by Crippen LogP contribution is -2.26. The summed E-state index contributed by atoms with van der Waals surface area (Å²) in [4.78, 5) is 12.9. The van der Waals surface area contributed by atoms with Gasteiger partial charge in [-0.15, -0.1) is 0 Å². The number of halogens is 1. The number of aryl methyl sites for hydroxylation is 2. The summed E-state index contributed by atoms with van der Waals surface area (Å²) in [5, 5.41) is 3.50. The van der Waals surface area contributed by atoms with Crippen LogP contribution in [0.2, 0.25) is 0 Å². The predicted octanol–water partition coefficient (Wildman–Crippen LogP) is 7.53. The lowest BCUT2D eigenvalue weighted by atomic mass is 10.1. The van der Waals surface area contributed by atoms with Gasteiger partial charge in [0.05, 0.1) is 48.7 Å². The fourth-order valence-electron chi connectivity index (χ4n) is 4.15. The van der Waals surface area contributed by atoms with Crippen molar-refractivity contribution in [3.05, 3.63) is 64.6 Å². The van der Waals surface area contributed by atoms with Crippen molar-refractivity contribution >= 4 is 62.0 Å². The van der Waals surface area contributed by atoms with Crippen molar-refractivity contribution in [2.24, 2.45) is 7.05 Å². The Bertz CT molecular complexity index is 1320. The molecule has 0 bridgehead atoms. The van der Waals surface area contributed by atoms with Crippen molar-refractivity contribution in [2.75, 3.05) is 24.4 Å². The summed E-state index contributed by atoms with van der Waals surface area (Å²) in [6.07, 6.45) is 0. The van der Waals surface area contributed by atoms with Crippen molar-refractivity contribution in [1.29, 1.82) is 0 Å². The van der Waals surface area contributed by atoms with Crippen LogP contribution in [0.4, 0.5) is 23.0 Å². The Labute approximate surface area is 218 Å². The third-order valence-electron chi connectivity index (χ3n) is 5.68. The van der Waals surface area contributed by atoms with Crippen LogP contribution in [0.3, 0.4) is 0 Å². The molecule has 0 aliphatic heterocycles. The van der Waals surface area contributed by atoms with Crippen molar-refractivity contribution in [1.82, 2.24) is 9.55 Å². The molecule has 35 heavy (non-hydrogen) atoms. The summed E-state index contributed by atoms with van der Waals surface area (Å²) >= 11 is 4.73. The van der Waals surface area contributed by atoms with Crippen LogP contribution in [0.1, 0.15) is 19.4 Å². The normalized spacial score (nSPS) is 11.3. The molecule has 1 heterocycles. The van der Waals surface area contributed by atoms with E-state index in [0.29, 0.717) is 0 Å². The second kappa shape index (κ2) is 10.9. The Balaban J connectivity index is 1.77. The minimum absolute atomic E-state index is 0.217. The first-order valence-corrected chi connectivity index (χ1v) is 12.7. The van der Waals surface area contributed by atoms with E-state index in [9.17, 15) is 0 Å². The van der Waals surface area contributed by atoms with Gasteiger partial charge in [-0.25, -0.2) is 9.87 Å². The molecule has 1 N–H and O–H groups in total. The van der Waals surface area contributed by atoms with Gasteiger partial charge < -0.3 is 19.5 Å². The van der Waals surface area contributed by atoms with Crippen molar-refractivity contribution < 1.29 is 14.0 Å². The van der Waals surface area contributed by atoms with Gasteiger partial charge in [-0.2, -0.15) is 4.33 Å². The lowest BCUT2D eigenvalue weighted by Gasteiger charge is -2.30. The van der Waals surface area contributed by atoms with Crippen molar-refractivity contribution in [2.45, 2.75) is 31.7 Å². The van der Waals surface area contributed by atoms with Crippen LogP contribution >= 0.6 is 28.0 Å². The molecular formula is C26H29BrN4O3S. The van der Waals surface area contributed by atoms with Crippen LogP contribution in [0, 0.1) is 6.92 Å². The second-order valence-electron chi connectivity index (χ2n) is 8.34. The Kier molecular flexibility index (Phi) is 7.91. The maximum atomic E-state index is 5.62. The summed E-state index contributed by atoms with van der Waals surface area (Å²) < 4.78 is 13.7. The average Bonchev–Trinajstić information content (AvgIpc) is 3.16. The fraction of sp³-hybridized carbons (Fsp3) is 0.269. The highest BCUT2D eigenvalue weighted by Gasteiger charge is 2.21. The molecule has 4 aromatic rings. The van der Waals surface area contributed by atoms with Gasteiger partial charge in [0.15, 0.2) is 0 Å². The number of hydrogen-bond acceptors (Lipinski definition) is 7. The first kappa shape index (κ1) is 25.4. The molecule has 4 rings (SSSR count). The summed E-state index contributed by atoms with van der Waals surface area (Å²) in [5.41, 5.74) is 6.06. The highest BCUT2D eigenvalue weighted by Crippen LogP contribution is 2.38. The lowest BCUT2D eigenvalue weighted by molar-refractivity contribution is -0.160. The highest BCUT2D eigenvalue weighted by atomic mass is 79.9. The van der Waals surface area contributed by atoms with Crippen molar-refractivity contribution in [3.8, 4) is 5.75 Å². The van der Waals surface area contributed by atoms with E-state index in [1.807, 2.05) is 44.3 Å². The molecule has 0 saturated heterocycles. The van der Waals surface area contributed by atoms with Gasteiger partial charge in [0.1, 0.15) is 5.75 Å². The predicted molar refractivity (Wildman–Crippen MR) is 147 cm³/mol. The molecule has 0 aliphatic carbocycles. The summed E-state index contributed by atoms with van der Waals surface area (Å²) in [6.45, 7) is 6.41.